The number of phenolic OH excluding ortho intramolecular Hbond substituents is 1. The summed E-state index contributed by atoms with van der Waals surface area (Å²) in [7, 11) is 5.10. The average Bonchev–Trinajstić information content (AvgIpc) is 3.22. The Morgan fingerprint density at radius 3 is 2.51 bits per heavy atom. The van der Waals surface area contributed by atoms with Gasteiger partial charge in [-0.1, -0.05) is 19.4 Å². The van der Waals surface area contributed by atoms with Crippen molar-refractivity contribution in [2.75, 3.05) is 27.7 Å². The minimum absolute atomic E-state index is 0.0161. The van der Waals surface area contributed by atoms with Crippen LogP contribution in [0, 0.1) is 52.2 Å². The number of Topliss-reactive ketones (excluding diaryl/α,β-unsaturated/α-hetero) is 2. The highest BCUT2D eigenvalue weighted by molar-refractivity contribution is 6.15. The maximum Gasteiger partial charge on any atom is 0.232 e. The lowest BCUT2D eigenvalue weighted by Gasteiger charge is -2.49. The number of allylic oxidation sites excluding steroid dienone is 2. The Hall–Kier alpha value is -3.04. The summed E-state index contributed by atoms with van der Waals surface area (Å²) in [6.45, 7) is 7.64. The Balaban J connectivity index is 1.23. The molecule has 0 radical (unpaired) electrons. The molecule has 7 aliphatic rings. The van der Waals surface area contributed by atoms with E-state index >= 15 is 4.39 Å². The second kappa shape index (κ2) is 9.24. The maximum absolute atomic E-state index is 16.2. The number of aromatic hydroxyl groups is 1. The molecular formula is C34H42FN3O5. The highest BCUT2D eigenvalue weighted by Gasteiger charge is 2.72. The van der Waals surface area contributed by atoms with Crippen molar-refractivity contribution in [2.45, 2.75) is 59.0 Å². The number of rotatable bonds is 7. The number of methoxy groups -OCH3 is 1. The molecule has 0 aliphatic heterocycles. The molecule has 230 valence electrons. The van der Waals surface area contributed by atoms with Crippen molar-refractivity contribution in [1.29, 1.82) is 0 Å². The summed E-state index contributed by atoms with van der Waals surface area (Å²) in [5, 5.41) is 14.6. The van der Waals surface area contributed by atoms with E-state index in [1.807, 2.05) is 11.8 Å². The average molecular weight is 592 g/mol. The van der Waals surface area contributed by atoms with Crippen molar-refractivity contribution in [3.63, 3.8) is 0 Å². The number of amides is 1. The van der Waals surface area contributed by atoms with Crippen LogP contribution in [-0.2, 0) is 27.3 Å². The number of fused-ring (bicyclic) bond motifs is 3. The first-order valence-corrected chi connectivity index (χ1v) is 15.6. The van der Waals surface area contributed by atoms with Gasteiger partial charge in [0.1, 0.15) is 23.2 Å². The number of ketones is 2. The third-order valence-electron chi connectivity index (χ3n) is 12.5. The van der Waals surface area contributed by atoms with Gasteiger partial charge in [0.2, 0.25) is 5.91 Å². The molecule has 4 saturated carbocycles. The smallest absolute Gasteiger partial charge is 0.232 e. The highest BCUT2D eigenvalue weighted by Crippen LogP contribution is 2.73. The van der Waals surface area contributed by atoms with Crippen LogP contribution in [-0.4, -0.2) is 61.3 Å². The summed E-state index contributed by atoms with van der Waals surface area (Å²) in [6.07, 6.45) is 3.13. The van der Waals surface area contributed by atoms with E-state index in [2.05, 4.69) is 19.2 Å². The van der Waals surface area contributed by atoms with Crippen molar-refractivity contribution in [3.05, 3.63) is 51.1 Å². The summed E-state index contributed by atoms with van der Waals surface area (Å²) >= 11 is 0. The van der Waals surface area contributed by atoms with Crippen molar-refractivity contribution in [2.24, 2.45) is 52.1 Å². The van der Waals surface area contributed by atoms with Gasteiger partial charge in [-0.3, -0.25) is 19.3 Å². The van der Waals surface area contributed by atoms with Crippen LogP contribution in [0.1, 0.15) is 61.5 Å². The van der Waals surface area contributed by atoms with Crippen molar-refractivity contribution >= 4 is 17.5 Å². The van der Waals surface area contributed by atoms with Gasteiger partial charge >= 0.3 is 0 Å². The normalized spacial score (nSPS) is 36.6. The number of ether oxygens (including phenoxy) is 1. The van der Waals surface area contributed by atoms with Gasteiger partial charge in [0.15, 0.2) is 11.6 Å². The van der Waals surface area contributed by atoms with E-state index in [0.29, 0.717) is 46.1 Å². The van der Waals surface area contributed by atoms with E-state index in [4.69, 9.17) is 10.5 Å². The number of nitrogens with one attached hydrogen (secondary N) is 1. The maximum atomic E-state index is 16.2. The largest absolute Gasteiger partial charge is 0.507 e. The van der Waals surface area contributed by atoms with Crippen LogP contribution in [0.3, 0.4) is 0 Å². The zero-order valence-electron chi connectivity index (χ0n) is 25.8. The van der Waals surface area contributed by atoms with Gasteiger partial charge in [-0.05, 0) is 94.0 Å². The summed E-state index contributed by atoms with van der Waals surface area (Å²) in [4.78, 5) is 42.2. The van der Waals surface area contributed by atoms with Gasteiger partial charge in [-0.25, -0.2) is 4.39 Å². The van der Waals surface area contributed by atoms with Gasteiger partial charge in [-0.15, -0.1) is 0 Å². The van der Waals surface area contributed by atoms with Gasteiger partial charge in [0.25, 0.3) is 0 Å². The van der Waals surface area contributed by atoms with E-state index in [1.165, 1.54) is 26.0 Å². The van der Waals surface area contributed by atoms with Gasteiger partial charge in [-0.2, -0.15) is 0 Å². The summed E-state index contributed by atoms with van der Waals surface area (Å²) in [5.41, 5.74) is 7.71. The number of hydrogen-bond acceptors (Lipinski definition) is 7. The molecule has 4 N–H and O–H groups in total. The standard InChI is InChI=1S/C34H42FN3O5/c1-14-26-25(32(36)42)30(41)28(38(4)5)21-9-15-8-19-24(29(40)23(15)31(43-6)34(14,21)26)22(39)10-17(27(19)35)13-37-12-16-7-18-11-20(16)33(18,2)3/h10,15-16,18,20-21,25,28,37,39H,7-9,11-13H2,1-6H3,(H2,36,42). The van der Waals surface area contributed by atoms with Crippen molar-refractivity contribution in [3.8, 4) is 5.75 Å². The fourth-order valence-corrected chi connectivity index (χ4v) is 10.5. The molecule has 8 rings (SSSR count). The van der Waals surface area contributed by atoms with E-state index in [1.54, 1.807) is 14.1 Å². The molecule has 1 aromatic carbocycles. The van der Waals surface area contributed by atoms with Crippen LogP contribution in [0.25, 0.3) is 0 Å². The van der Waals surface area contributed by atoms with Gasteiger partial charge in [0.05, 0.1) is 24.1 Å². The Bertz CT molecular complexity index is 1560. The van der Waals surface area contributed by atoms with Crippen LogP contribution < -0.4 is 11.1 Å². The molecule has 0 heterocycles. The molecular weight excluding hydrogens is 549 g/mol. The van der Waals surface area contributed by atoms with Crippen LogP contribution in [0.2, 0.25) is 0 Å². The molecule has 0 saturated heterocycles. The molecule has 7 aliphatic carbocycles. The van der Waals surface area contributed by atoms with Crippen LogP contribution in [0.15, 0.2) is 28.5 Å². The fourth-order valence-electron chi connectivity index (χ4n) is 10.5. The first kappa shape index (κ1) is 28.7. The van der Waals surface area contributed by atoms with E-state index in [9.17, 15) is 19.5 Å². The third-order valence-corrected chi connectivity index (χ3v) is 12.5. The number of halogens is 1. The second-order valence-corrected chi connectivity index (χ2v) is 14.7. The van der Waals surface area contributed by atoms with Crippen LogP contribution in [0.4, 0.5) is 4.39 Å². The molecule has 8 atom stereocenters. The molecule has 0 aromatic heterocycles. The molecule has 8 unspecified atom stereocenters. The number of carbonyl (C=O) groups is 3. The minimum atomic E-state index is -1.08. The minimum Gasteiger partial charge on any atom is -0.507 e. The number of hydrogen-bond donors (Lipinski definition) is 3. The van der Waals surface area contributed by atoms with E-state index < -0.39 is 40.8 Å². The Kier molecular flexibility index (Phi) is 6.17. The molecule has 43 heavy (non-hydrogen) atoms. The topological polar surface area (TPSA) is 122 Å². The first-order chi connectivity index (χ1) is 20.3. The van der Waals surface area contributed by atoms with Gasteiger partial charge < -0.3 is 20.9 Å². The number of nitrogens with two attached hydrogens (primary N) is 1. The third kappa shape index (κ3) is 3.52. The monoisotopic (exact) mass is 591 g/mol. The molecule has 8 nitrogen and oxygen atoms in total. The molecule has 1 amide bonds. The van der Waals surface area contributed by atoms with Gasteiger partial charge in [0, 0.05) is 29.2 Å². The summed E-state index contributed by atoms with van der Waals surface area (Å²) < 4.78 is 22.2. The molecule has 1 spiro atoms. The zero-order chi connectivity index (χ0) is 30.9. The van der Waals surface area contributed by atoms with Crippen molar-refractivity contribution in [1.82, 2.24) is 10.2 Å². The predicted molar refractivity (Wildman–Crippen MR) is 157 cm³/mol. The second-order valence-electron chi connectivity index (χ2n) is 14.7. The Labute approximate surface area is 251 Å². The number of carbonyl (C=O) groups excluding carboxylic acids is 3. The molecule has 9 heteroatoms. The SMILES string of the molecule is COC1=C2C(=O)c3c(O)cc(CNCC4CC5CC4C5(C)C)c(F)c3CC2CC2C(N(C)C)C(=O)C(C(N)=O)C3=C(C)C132. The Morgan fingerprint density at radius 2 is 1.93 bits per heavy atom. The fraction of sp³-hybridized carbons (Fsp3) is 0.618. The number of phenols is 1. The van der Waals surface area contributed by atoms with Crippen LogP contribution >= 0.6 is 0 Å². The van der Waals surface area contributed by atoms with E-state index in [0.717, 1.165) is 18.0 Å². The van der Waals surface area contributed by atoms with E-state index in [-0.39, 0.29) is 41.5 Å². The summed E-state index contributed by atoms with van der Waals surface area (Å²) in [6, 6.07) is 0.757. The number of likely N-dealkylation sites (N-methyl/N-ethyl adjacent to an activating group) is 1. The number of nitrogens with zero attached hydrogens (tertiary/aromatic N) is 1. The number of primary amides is 1. The lowest BCUT2D eigenvalue weighted by molar-refractivity contribution is -0.138. The van der Waals surface area contributed by atoms with Crippen LogP contribution in [0.5, 0.6) is 5.75 Å². The molecule has 4 fully saturated rings. The quantitative estimate of drug-likeness (QED) is 0.328. The first-order valence-electron chi connectivity index (χ1n) is 15.6. The zero-order valence-corrected chi connectivity index (χ0v) is 25.8. The Morgan fingerprint density at radius 1 is 1.21 bits per heavy atom. The molecule has 2 bridgehead atoms. The predicted octanol–water partition coefficient (Wildman–Crippen LogP) is 3.51. The number of benzene rings is 1. The summed E-state index contributed by atoms with van der Waals surface area (Å²) in [5.74, 6) is -1.42. The highest BCUT2D eigenvalue weighted by atomic mass is 19.1. The molecule has 1 aromatic rings. The van der Waals surface area contributed by atoms with Crippen molar-refractivity contribution < 1.29 is 28.6 Å². The lowest BCUT2D eigenvalue weighted by Crippen LogP contribution is -2.58. The lowest BCUT2D eigenvalue weighted by atomic mass is 9.56.